The lowest BCUT2D eigenvalue weighted by molar-refractivity contribution is -0.170. The number of carbonyl (C=O) groups is 1. The van der Waals surface area contributed by atoms with Crippen molar-refractivity contribution in [1.82, 2.24) is 0 Å². The summed E-state index contributed by atoms with van der Waals surface area (Å²) in [6, 6.07) is 0. The van der Waals surface area contributed by atoms with E-state index in [2.05, 4.69) is 13.8 Å². The molecule has 0 aromatic rings. The molecule has 0 aromatic carbocycles. The lowest BCUT2D eigenvalue weighted by Crippen LogP contribution is -2.32. The first kappa shape index (κ1) is 18.3. The van der Waals surface area contributed by atoms with Gasteiger partial charge in [-0.15, -0.1) is 0 Å². The van der Waals surface area contributed by atoms with E-state index in [1.54, 1.807) is 18.7 Å². The summed E-state index contributed by atoms with van der Waals surface area (Å²) in [5.74, 6) is 1.01. The predicted octanol–water partition coefficient (Wildman–Crippen LogP) is 4.78. The fourth-order valence-electron chi connectivity index (χ4n) is 3.99. The van der Waals surface area contributed by atoms with Gasteiger partial charge in [-0.1, -0.05) is 38.5 Å². The molecule has 4 heteroatoms. The average Bonchev–Trinajstić information content (AvgIpc) is 3.05. The molecule has 0 aromatic heterocycles. The lowest BCUT2D eigenvalue weighted by atomic mass is 9.89. The van der Waals surface area contributed by atoms with Crippen molar-refractivity contribution in [3.63, 3.8) is 0 Å². The molecule has 3 atom stereocenters. The van der Waals surface area contributed by atoms with Crippen LogP contribution in [-0.4, -0.2) is 29.4 Å². The summed E-state index contributed by atoms with van der Waals surface area (Å²) in [5, 5.41) is 0.761. The molecule has 0 spiro atoms. The van der Waals surface area contributed by atoms with Crippen molar-refractivity contribution in [3.8, 4) is 0 Å². The molecule has 0 amide bonds. The molecule has 22 heavy (non-hydrogen) atoms. The summed E-state index contributed by atoms with van der Waals surface area (Å²) in [6.45, 7) is 7.73. The van der Waals surface area contributed by atoms with E-state index in [9.17, 15) is 4.79 Å². The summed E-state index contributed by atoms with van der Waals surface area (Å²) in [5.41, 5.74) is 0. The van der Waals surface area contributed by atoms with Crippen LogP contribution < -0.4 is 0 Å². The van der Waals surface area contributed by atoms with Crippen LogP contribution in [0.5, 0.6) is 0 Å². The van der Waals surface area contributed by atoms with Gasteiger partial charge in [0.2, 0.25) is 0 Å². The second kappa shape index (κ2) is 8.70. The topological polar surface area (TPSA) is 35.5 Å². The molecular formula is C18H32O3S. The largest absolute Gasteiger partial charge is 0.348 e. The first-order chi connectivity index (χ1) is 10.6. The summed E-state index contributed by atoms with van der Waals surface area (Å²) < 4.78 is 12.0. The first-order valence-electron chi connectivity index (χ1n) is 9.01. The zero-order valence-electron chi connectivity index (χ0n) is 14.4. The van der Waals surface area contributed by atoms with Gasteiger partial charge >= 0.3 is 0 Å². The molecule has 2 fully saturated rings. The predicted molar refractivity (Wildman–Crippen MR) is 92.0 cm³/mol. The van der Waals surface area contributed by atoms with Crippen LogP contribution in [0.2, 0.25) is 0 Å². The Bertz CT molecular complexity index is 352. The molecule has 1 heterocycles. The molecule has 2 aliphatic rings. The number of hydrogen-bond acceptors (Lipinski definition) is 4. The highest BCUT2D eigenvalue weighted by Crippen LogP contribution is 2.44. The smallest absolute Gasteiger partial charge is 0.186 e. The van der Waals surface area contributed by atoms with Gasteiger partial charge in [-0.2, -0.15) is 0 Å². The Kier molecular flexibility index (Phi) is 7.23. The number of carbonyl (C=O) groups excluding carboxylic acids is 1. The van der Waals surface area contributed by atoms with Crippen molar-refractivity contribution in [2.24, 2.45) is 11.8 Å². The van der Waals surface area contributed by atoms with E-state index < -0.39 is 0 Å². The van der Waals surface area contributed by atoms with Crippen LogP contribution in [0.3, 0.4) is 0 Å². The molecule has 1 unspecified atom stereocenters. The van der Waals surface area contributed by atoms with Crippen molar-refractivity contribution in [2.45, 2.75) is 83.2 Å². The normalized spacial score (nSPS) is 30.8. The second-order valence-electron chi connectivity index (χ2n) is 6.97. The minimum atomic E-state index is -0.330. The molecule has 0 bridgehead atoms. The number of rotatable bonds is 8. The Morgan fingerprint density at radius 2 is 1.91 bits per heavy atom. The highest BCUT2D eigenvalue weighted by Gasteiger charge is 2.40. The van der Waals surface area contributed by atoms with Gasteiger partial charge in [-0.25, -0.2) is 0 Å². The third-order valence-corrected chi connectivity index (χ3v) is 6.49. The molecular weight excluding hydrogens is 296 g/mol. The maximum Gasteiger partial charge on any atom is 0.186 e. The molecule has 1 saturated carbocycles. The minimum Gasteiger partial charge on any atom is -0.348 e. The monoisotopic (exact) mass is 328 g/mol. The summed E-state index contributed by atoms with van der Waals surface area (Å²) >= 11 is 1.56. The number of ether oxygens (including phenoxy) is 2. The zero-order valence-corrected chi connectivity index (χ0v) is 15.3. The van der Waals surface area contributed by atoms with Crippen LogP contribution >= 0.6 is 11.8 Å². The van der Waals surface area contributed by atoms with Crippen LogP contribution in [0.15, 0.2) is 0 Å². The van der Waals surface area contributed by atoms with Gasteiger partial charge in [0.05, 0.1) is 13.2 Å². The number of thioether (sulfide) groups is 1. The van der Waals surface area contributed by atoms with Crippen molar-refractivity contribution in [1.29, 1.82) is 0 Å². The SMILES string of the molecule is CCCCCC1(CC[C@@H]2C(C)CC[C@H]2SC(C)=O)OCCO1. The van der Waals surface area contributed by atoms with Gasteiger partial charge in [-0.05, 0) is 37.5 Å². The molecule has 1 aliphatic carbocycles. The fraction of sp³-hybridized carbons (Fsp3) is 0.944. The number of unbranched alkanes of at least 4 members (excludes halogenated alkanes) is 2. The molecule has 128 valence electrons. The van der Waals surface area contributed by atoms with Crippen molar-refractivity contribution in [3.05, 3.63) is 0 Å². The molecule has 1 aliphatic heterocycles. The maximum absolute atomic E-state index is 11.5. The Labute approximate surface area is 139 Å². The Hall–Kier alpha value is -0.0600. The molecule has 3 nitrogen and oxygen atoms in total. The standard InChI is InChI=1S/C18H32O3S/c1-4-5-6-10-18(20-12-13-21-18)11-9-16-14(2)7-8-17(16)22-15(3)19/h14,16-17H,4-13H2,1-3H3/t14?,16-,17-/m1/s1. The maximum atomic E-state index is 11.5. The summed E-state index contributed by atoms with van der Waals surface area (Å²) in [4.78, 5) is 11.5. The van der Waals surface area contributed by atoms with Crippen LogP contribution in [0, 0.1) is 11.8 Å². The molecule has 0 N–H and O–H groups in total. The average molecular weight is 329 g/mol. The van der Waals surface area contributed by atoms with Crippen LogP contribution in [0.25, 0.3) is 0 Å². The van der Waals surface area contributed by atoms with Crippen molar-refractivity contribution < 1.29 is 14.3 Å². The van der Waals surface area contributed by atoms with Gasteiger partial charge in [0.25, 0.3) is 0 Å². The van der Waals surface area contributed by atoms with Crippen LogP contribution in [0.4, 0.5) is 0 Å². The van der Waals surface area contributed by atoms with E-state index in [-0.39, 0.29) is 10.9 Å². The zero-order chi connectivity index (χ0) is 16.0. The second-order valence-corrected chi connectivity index (χ2v) is 8.39. The van der Waals surface area contributed by atoms with E-state index in [0.29, 0.717) is 17.1 Å². The molecule has 0 radical (unpaired) electrons. The molecule has 1 saturated heterocycles. The Balaban J connectivity index is 1.88. The van der Waals surface area contributed by atoms with E-state index >= 15 is 0 Å². The highest BCUT2D eigenvalue weighted by atomic mass is 32.2. The van der Waals surface area contributed by atoms with E-state index in [1.807, 2.05) is 0 Å². The minimum absolute atomic E-state index is 0.259. The van der Waals surface area contributed by atoms with Crippen molar-refractivity contribution >= 4 is 16.9 Å². The number of hydrogen-bond donors (Lipinski definition) is 0. The summed E-state index contributed by atoms with van der Waals surface area (Å²) in [6.07, 6.45) is 9.22. The van der Waals surface area contributed by atoms with E-state index in [0.717, 1.165) is 32.5 Å². The quantitative estimate of drug-likeness (QED) is 0.600. The van der Waals surface area contributed by atoms with Crippen LogP contribution in [-0.2, 0) is 14.3 Å². The van der Waals surface area contributed by atoms with E-state index in [4.69, 9.17) is 9.47 Å². The van der Waals surface area contributed by atoms with Crippen LogP contribution in [0.1, 0.15) is 72.1 Å². The summed E-state index contributed by atoms with van der Waals surface area (Å²) in [7, 11) is 0. The third-order valence-electron chi connectivity index (χ3n) is 5.27. The Morgan fingerprint density at radius 1 is 1.18 bits per heavy atom. The van der Waals surface area contributed by atoms with Gasteiger partial charge in [0, 0.05) is 25.0 Å². The molecule has 2 rings (SSSR count). The van der Waals surface area contributed by atoms with Gasteiger partial charge in [0.1, 0.15) is 0 Å². The first-order valence-corrected chi connectivity index (χ1v) is 9.89. The van der Waals surface area contributed by atoms with Crippen molar-refractivity contribution in [2.75, 3.05) is 13.2 Å². The van der Waals surface area contributed by atoms with Gasteiger partial charge in [-0.3, -0.25) is 4.79 Å². The van der Waals surface area contributed by atoms with Gasteiger partial charge in [0.15, 0.2) is 10.9 Å². The Morgan fingerprint density at radius 3 is 2.55 bits per heavy atom. The van der Waals surface area contributed by atoms with E-state index in [1.165, 1.54) is 32.1 Å². The van der Waals surface area contributed by atoms with Gasteiger partial charge < -0.3 is 9.47 Å². The fourth-order valence-corrected chi connectivity index (χ4v) is 5.25. The lowest BCUT2D eigenvalue weighted by Gasteiger charge is -2.31. The third kappa shape index (κ3) is 4.97. The highest BCUT2D eigenvalue weighted by molar-refractivity contribution is 8.14.